The molecule has 0 unspecified atom stereocenters. The molecule has 0 radical (unpaired) electrons. The summed E-state index contributed by atoms with van der Waals surface area (Å²) in [5.41, 5.74) is 0.979. The van der Waals surface area contributed by atoms with Crippen LogP contribution >= 0.6 is 12.2 Å². The van der Waals surface area contributed by atoms with Crippen molar-refractivity contribution in [3.63, 3.8) is 0 Å². The van der Waals surface area contributed by atoms with Crippen molar-refractivity contribution in [3.05, 3.63) is 24.3 Å². The fraction of sp³-hybridized carbons (Fsp3) is 0.591. The number of anilines is 2. The smallest absolute Gasteiger partial charge is 0.225 e. The highest BCUT2D eigenvalue weighted by Gasteiger charge is 2.23. The highest BCUT2D eigenvalue weighted by atomic mass is 32.1. The molecule has 6 nitrogen and oxygen atoms in total. The van der Waals surface area contributed by atoms with Gasteiger partial charge in [0.05, 0.1) is 5.52 Å². The molecule has 29 heavy (non-hydrogen) atoms. The molecule has 0 amide bonds. The number of aromatic nitrogens is 2. The van der Waals surface area contributed by atoms with Crippen LogP contribution in [0.1, 0.15) is 51.4 Å². The molecule has 2 saturated carbocycles. The zero-order valence-electron chi connectivity index (χ0n) is 17.4. The SMILES string of the molecule is CN(C)c1nc(NC2CCC(NC(=S)NC3CCCC3)CC2)nc2ccccc12. The maximum atomic E-state index is 5.53. The number of para-hydroxylation sites is 1. The van der Waals surface area contributed by atoms with Gasteiger partial charge in [-0.15, -0.1) is 0 Å². The number of fused-ring (bicyclic) bond motifs is 1. The molecule has 156 valence electrons. The van der Waals surface area contributed by atoms with Crippen molar-refractivity contribution >= 4 is 40.0 Å². The van der Waals surface area contributed by atoms with Crippen LogP contribution in [-0.4, -0.2) is 47.3 Å². The molecule has 0 saturated heterocycles. The van der Waals surface area contributed by atoms with Crippen LogP contribution < -0.4 is 20.9 Å². The summed E-state index contributed by atoms with van der Waals surface area (Å²) < 4.78 is 0. The maximum Gasteiger partial charge on any atom is 0.225 e. The Hall–Kier alpha value is -2.15. The lowest BCUT2D eigenvalue weighted by molar-refractivity contribution is 0.384. The minimum atomic E-state index is 0.403. The number of rotatable bonds is 5. The molecule has 2 aliphatic rings. The Labute approximate surface area is 178 Å². The third kappa shape index (κ3) is 5.07. The molecule has 1 heterocycles. The summed E-state index contributed by atoms with van der Waals surface area (Å²) >= 11 is 5.53. The molecule has 0 atom stereocenters. The van der Waals surface area contributed by atoms with E-state index in [0.717, 1.165) is 53.5 Å². The van der Waals surface area contributed by atoms with Crippen molar-refractivity contribution in [3.8, 4) is 0 Å². The standard InChI is InChI=1S/C22H32N6S/c1-28(2)20-18-9-5-6-10-19(18)26-21(27-20)23-16-11-13-17(14-12-16)25-22(29)24-15-7-3-4-8-15/h5-6,9-10,15-17H,3-4,7-8,11-14H2,1-2H3,(H,23,26,27)(H2,24,25,29). The highest BCUT2D eigenvalue weighted by molar-refractivity contribution is 7.80. The maximum absolute atomic E-state index is 5.53. The van der Waals surface area contributed by atoms with Crippen LogP contribution in [0.25, 0.3) is 10.9 Å². The molecule has 1 aromatic carbocycles. The number of nitrogens with zero attached hydrogens (tertiary/aromatic N) is 3. The predicted octanol–water partition coefficient (Wildman–Crippen LogP) is 3.83. The first-order chi connectivity index (χ1) is 14.1. The van der Waals surface area contributed by atoms with Crippen molar-refractivity contribution in [1.82, 2.24) is 20.6 Å². The zero-order chi connectivity index (χ0) is 20.2. The van der Waals surface area contributed by atoms with Gasteiger partial charge in [-0.25, -0.2) is 4.98 Å². The lowest BCUT2D eigenvalue weighted by atomic mass is 9.91. The minimum absolute atomic E-state index is 0.403. The zero-order valence-corrected chi connectivity index (χ0v) is 18.3. The largest absolute Gasteiger partial charge is 0.362 e. The Bertz CT molecular complexity index is 840. The molecule has 2 aromatic rings. The average molecular weight is 413 g/mol. The highest BCUT2D eigenvalue weighted by Crippen LogP contribution is 2.26. The topological polar surface area (TPSA) is 65.1 Å². The summed E-state index contributed by atoms with van der Waals surface area (Å²) in [4.78, 5) is 11.6. The van der Waals surface area contributed by atoms with E-state index in [2.05, 4.69) is 22.0 Å². The second kappa shape index (κ2) is 9.11. The first-order valence-electron chi connectivity index (χ1n) is 10.9. The molecular weight excluding hydrogens is 380 g/mol. The van der Waals surface area contributed by atoms with E-state index in [-0.39, 0.29) is 0 Å². The van der Waals surface area contributed by atoms with Gasteiger partial charge in [0.15, 0.2) is 5.11 Å². The number of benzene rings is 1. The number of hydrogen-bond acceptors (Lipinski definition) is 5. The van der Waals surface area contributed by atoms with E-state index in [4.69, 9.17) is 22.2 Å². The second-order valence-electron chi connectivity index (χ2n) is 8.57. The van der Waals surface area contributed by atoms with Crippen LogP contribution in [0.3, 0.4) is 0 Å². The van der Waals surface area contributed by atoms with E-state index in [1.165, 1.54) is 25.7 Å². The van der Waals surface area contributed by atoms with Crippen molar-refractivity contribution in [2.75, 3.05) is 24.3 Å². The molecule has 2 fully saturated rings. The molecule has 0 spiro atoms. The van der Waals surface area contributed by atoms with Gasteiger partial charge in [0.1, 0.15) is 5.82 Å². The van der Waals surface area contributed by atoms with E-state index >= 15 is 0 Å². The minimum Gasteiger partial charge on any atom is -0.362 e. The molecule has 0 aliphatic heterocycles. The Balaban J connectivity index is 1.32. The quantitative estimate of drug-likeness (QED) is 0.645. The monoisotopic (exact) mass is 412 g/mol. The van der Waals surface area contributed by atoms with Gasteiger partial charge < -0.3 is 20.9 Å². The van der Waals surface area contributed by atoms with E-state index in [9.17, 15) is 0 Å². The van der Waals surface area contributed by atoms with Crippen LogP contribution in [0, 0.1) is 0 Å². The predicted molar refractivity (Wildman–Crippen MR) is 125 cm³/mol. The van der Waals surface area contributed by atoms with Crippen LogP contribution in [0.15, 0.2) is 24.3 Å². The Morgan fingerprint density at radius 3 is 2.21 bits per heavy atom. The van der Waals surface area contributed by atoms with Crippen molar-refractivity contribution in [2.24, 2.45) is 0 Å². The van der Waals surface area contributed by atoms with Crippen molar-refractivity contribution in [2.45, 2.75) is 69.5 Å². The first-order valence-corrected chi connectivity index (χ1v) is 11.3. The normalized spacial score (nSPS) is 22.4. The summed E-state index contributed by atoms with van der Waals surface area (Å²) in [6.07, 6.45) is 9.55. The Morgan fingerprint density at radius 2 is 1.52 bits per heavy atom. The molecule has 0 bridgehead atoms. The van der Waals surface area contributed by atoms with Gasteiger partial charge in [-0.05, 0) is 62.9 Å². The summed E-state index contributed by atoms with van der Waals surface area (Å²) in [6, 6.07) is 9.63. The molecule has 1 aromatic heterocycles. The van der Waals surface area contributed by atoms with Crippen LogP contribution in [0.4, 0.5) is 11.8 Å². The van der Waals surface area contributed by atoms with Gasteiger partial charge in [-0.3, -0.25) is 0 Å². The molecule has 7 heteroatoms. The molecule has 2 aliphatic carbocycles. The van der Waals surface area contributed by atoms with E-state index in [1.54, 1.807) is 0 Å². The van der Waals surface area contributed by atoms with Gasteiger partial charge in [0.25, 0.3) is 0 Å². The number of nitrogens with one attached hydrogen (secondary N) is 3. The Morgan fingerprint density at radius 1 is 0.897 bits per heavy atom. The van der Waals surface area contributed by atoms with Gasteiger partial charge in [-0.2, -0.15) is 4.98 Å². The van der Waals surface area contributed by atoms with E-state index in [0.29, 0.717) is 18.1 Å². The lowest BCUT2D eigenvalue weighted by Crippen LogP contribution is -2.47. The molecule has 4 rings (SSSR count). The Kier molecular flexibility index (Phi) is 6.33. The lowest BCUT2D eigenvalue weighted by Gasteiger charge is -2.31. The number of hydrogen-bond donors (Lipinski definition) is 3. The van der Waals surface area contributed by atoms with Gasteiger partial charge in [0, 0.05) is 37.6 Å². The van der Waals surface area contributed by atoms with Gasteiger partial charge in [-0.1, -0.05) is 25.0 Å². The third-order valence-electron chi connectivity index (χ3n) is 6.09. The summed E-state index contributed by atoms with van der Waals surface area (Å²) in [5, 5.41) is 12.5. The van der Waals surface area contributed by atoms with Crippen LogP contribution in [-0.2, 0) is 0 Å². The fourth-order valence-corrected chi connectivity index (χ4v) is 4.85. The first kappa shape index (κ1) is 20.1. The summed E-state index contributed by atoms with van der Waals surface area (Å²) in [5.74, 6) is 1.68. The summed E-state index contributed by atoms with van der Waals surface area (Å²) in [6.45, 7) is 0. The fourth-order valence-electron chi connectivity index (χ4n) is 4.51. The van der Waals surface area contributed by atoms with Crippen LogP contribution in [0.5, 0.6) is 0 Å². The van der Waals surface area contributed by atoms with Gasteiger partial charge in [0.2, 0.25) is 5.95 Å². The third-order valence-corrected chi connectivity index (χ3v) is 6.33. The van der Waals surface area contributed by atoms with Crippen LogP contribution in [0.2, 0.25) is 0 Å². The second-order valence-corrected chi connectivity index (χ2v) is 8.98. The summed E-state index contributed by atoms with van der Waals surface area (Å²) in [7, 11) is 4.05. The molecular formula is C22H32N6S. The van der Waals surface area contributed by atoms with Crippen molar-refractivity contribution < 1.29 is 0 Å². The van der Waals surface area contributed by atoms with E-state index in [1.807, 2.05) is 37.2 Å². The average Bonchev–Trinajstić information content (AvgIpc) is 3.21. The number of thiocarbonyl (C=S) groups is 1. The molecule has 3 N–H and O–H groups in total. The van der Waals surface area contributed by atoms with Gasteiger partial charge >= 0.3 is 0 Å². The van der Waals surface area contributed by atoms with E-state index < -0.39 is 0 Å². The van der Waals surface area contributed by atoms with Crippen molar-refractivity contribution in [1.29, 1.82) is 0 Å².